The molecule has 6 nitrogen and oxygen atoms in total. The van der Waals surface area contributed by atoms with Gasteiger partial charge >= 0.3 is 0 Å². The SMILES string of the molecule is COc1cc(/C=C/C(=O)c2c(O)cc(C)cc2OCc2ccccc2)cc(OC)c1OCc1ccccc1. The van der Waals surface area contributed by atoms with Crippen LogP contribution in [-0.2, 0) is 13.2 Å². The van der Waals surface area contributed by atoms with E-state index in [4.69, 9.17) is 18.9 Å². The Bertz CT molecular complexity index is 1390. The Morgan fingerprint density at radius 3 is 1.87 bits per heavy atom. The lowest BCUT2D eigenvalue weighted by atomic mass is 10.0. The maximum absolute atomic E-state index is 13.2. The number of aryl methyl sites for hydroxylation is 1. The Morgan fingerprint density at radius 1 is 0.763 bits per heavy atom. The van der Waals surface area contributed by atoms with Crippen LogP contribution in [0.2, 0.25) is 0 Å². The Hall–Kier alpha value is -4.71. The molecule has 0 saturated heterocycles. The number of ether oxygens (including phenoxy) is 4. The third-order valence-corrected chi connectivity index (χ3v) is 5.85. The summed E-state index contributed by atoms with van der Waals surface area (Å²) in [5.74, 6) is 1.20. The number of carbonyl (C=O) groups excluding carboxylic acids is 1. The molecule has 0 unspecified atom stereocenters. The molecule has 0 aliphatic carbocycles. The molecule has 38 heavy (non-hydrogen) atoms. The van der Waals surface area contributed by atoms with Gasteiger partial charge in [-0.3, -0.25) is 4.79 Å². The van der Waals surface area contributed by atoms with Crippen LogP contribution in [0.1, 0.15) is 32.6 Å². The molecule has 0 aromatic heterocycles. The predicted molar refractivity (Wildman–Crippen MR) is 147 cm³/mol. The number of rotatable bonds is 11. The molecule has 0 aliphatic heterocycles. The molecule has 0 spiro atoms. The van der Waals surface area contributed by atoms with E-state index in [1.165, 1.54) is 6.08 Å². The molecular weight excluding hydrogens is 480 g/mol. The van der Waals surface area contributed by atoms with Crippen LogP contribution in [0.5, 0.6) is 28.7 Å². The highest BCUT2D eigenvalue weighted by Gasteiger charge is 2.18. The average Bonchev–Trinajstić information content (AvgIpc) is 2.94. The van der Waals surface area contributed by atoms with Crippen LogP contribution in [0.15, 0.2) is 91.0 Å². The molecule has 4 rings (SSSR count). The Kier molecular flexibility index (Phi) is 8.67. The number of hydrogen-bond donors (Lipinski definition) is 1. The molecule has 0 saturated carbocycles. The van der Waals surface area contributed by atoms with Gasteiger partial charge in [0.1, 0.15) is 30.3 Å². The van der Waals surface area contributed by atoms with Crippen LogP contribution >= 0.6 is 0 Å². The summed E-state index contributed by atoms with van der Waals surface area (Å²) in [5.41, 5.74) is 3.51. The molecule has 0 heterocycles. The quantitative estimate of drug-likeness (QED) is 0.177. The minimum Gasteiger partial charge on any atom is -0.507 e. The molecule has 6 heteroatoms. The molecule has 0 aliphatic rings. The van der Waals surface area contributed by atoms with Crippen molar-refractivity contribution in [2.45, 2.75) is 20.1 Å². The second-order valence-electron chi connectivity index (χ2n) is 8.66. The van der Waals surface area contributed by atoms with Crippen LogP contribution in [0.4, 0.5) is 0 Å². The van der Waals surface area contributed by atoms with Crippen molar-refractivity contribution in [1.29, 1.82) is 0 Å². The summed E-state index contributed by atoms with van der Waals surface area (Å²) < 4.78 is 23.0. The largest absolute Gasteiger partial charge is 0.507 e. The number of phenolic OH excluding ortho intramolecular Hbond substituents is 1. The molecule has 4 aromatic carbocycles. The third-order valence-electron chi connectivity index (χ3n) is 5.85. The van der Waals surface area contributed by atoms with Gasteiger partial charge in [-0.1, -0.05) is 66.7 Å². The maximum atomic E-state index is 13.2. The molecule has 1 N–H and O–H groups in total. The van der Waals surface area contributed by atoms with E-state index in [0.29, 0.717) is 35.2 Å². The van der Waals surface area contributed by atoms with Gasteiger partial charge in [0.2, 0.25) is 5.75 Å². The van der Waals surface area contributed by atoms with E-state index in [9.17, 15) is 9.90 Å². The van der Waals surface area contributed by atoms with Gasteiger partial charge in [-0.15, -0.1) is 0 Å². The zero-order chi connectivity index (χ0) is 26.9. The van der Waals surface area contributed by atoms with Gasteiger partial charge in [-0.2, -0.15) is 0 Å². The standard InChI is InChI=1S/C32H30O6/c1-22-16-27(34)31(28(17-22)37-20-23-10-6-4-7-11-23)26(33)15-14-25-18-29(35-2)32(30(19-25)36-3)38-21-24-12-8-5-9-13-24/h4-19,34H,20-21H2,1-3H3/b15-14+. The first-order valence-electron chi connectivity index (χ1n) is 12.1. The van der Waals surface area contributed by atoms with E-state index in [1.807, 2.05) is 67.6 Å². The minimum absolute atomic E-state index is 0.101. The molecule has 194 valence electrons. The number of phenols is 1. The first-order valence-corrected chi connectivity index (χ1v) is 12.1. The third kappa shape index (κ3) is 6.53. The van der Waals surface area contributed by atoms with Crippen molar-refractivity contribution in [3.8, 4) is 28.7 Å². The highest BCUT2D eigenvalue weighted by Crippen LogP contribution is 2.39. The van der Waals surface area contributed by atoms with Gasteiger partial charge in [0, 0.05) is 0 Å². The Balaban J connectivity index is 1.56. The zero-order valence-electron chi connectivity index (χ0n) is 21.6. The number of carbonyl (C=O) groups is 1. The van der Waals surface area contributed by atoms with Gasteiger partial charge in [-0.25, -0.2) is 0 Å². The second kappa shape index (κ2) is 12.5. The lowest BCUT2D eigenvalue weighted by molar-refractivity contribution is 0.104. The summed E-state index contributed by atoms with van der Waals surface area (Å²) in [6.07, 6.45) is 3.02. The normalized spacial score (nSPS) is 10.8. The molecular formula is C32H30O6. The first kappa shape index (κ1) is 26.4. The fourth-order valence-electron chi connectivity index (χ4n) is 3.96. The van der Waals surface area contributed by atoms with Gasteiger partial charge in [0.25, 0.3) is 0 Å². The molecule has 0 amide bonds. The highest BCUT2D eigenvalue weighted by molar-refractivity contribution is 6.10. The van der Waals surface area contributed by atoms with Crippen molar-refractivity contribution in [2.75, 3.05) is 14.2 Å². The number of aromatic hydroxyl groups is 1. The number of hydrogen-bond acceptors (Lipinski definition) is 6. The van der Waals surface area contributed by atoms with Crippen molar-refractivity contribution in [3.63, 3.8) is 0 Å². The summed E-state index contributed by atoms with van der Waals surface area (Å²) in [6, 6.07) is 26.2. The maximum Gasteiger partial charge on any atom is 0.203 e. The molecule has 0 atom stereocenters. The topological polar surface area (TPSA) is 74.2 Å². The van der Waals surface area contributed by atoms with Gasteiger partial charge in [0.15, 0.2) is 17.3 Å². The van der Waals surface area contributed by atoms with Crippen LogP contribution in [0, 0.1) is 6.92 Å². The van der Waals surface area contributed by atoms with E-state index < -0.39 is 5.78 Å². The van der Waals surface area contributed by atoms with E-state index >= 15 is 0 Å². The van der Waals surface area contributed by atoms with Crippen molar-refractivity contribution in [3.05, 3.63) is 119 Å². The smallest absolute Gasteiger partial charge is 0.203 e. The van der Waals surface area contributed by atoms with E-state index in [0.717, 1.165) is 16.7 Å². The predicted octanol–water partition coefficient (Wildman–Crippen LogP) is 6.77. The average molecular weight is 511 g/mol. The monoisotopic (exact) mass is 510 g/mol. The summed E-state index contributed by atoms with van der Waals surface area (Å²) >= 11 is 0. The van der Waals surface area contributed by atoms with Crippen molar-refractivity contribution >= 4 is 11.9 Å². The van der Waals surface area contributed by atoms with Crippen molar-refractivity contribution in [2.24, 2.45) is 0 Å². The van der Waals surface area contributed by atoms with E-state index in [-0.39, 0.29) is 17.9 Å². The Morgan fingerprint density at radius 2 is 1.32 bits per heavy atom. The Labute approximate surface area is 222 Å². The van der Waals surface area contributed by atoms with E-state index in [2.05, 4.69) is 0 Å². The van der Waals surface area contributed by atoms with Crippen LogP contribution in [0.3, 0.4) is 0 Å². The zero-order valence-corrected chi connectivity index (χ0v) is 21.6. The summed E-state index contributed by atoms with van der Waals surface area (Å²) in [4.78, 5) is 13.2. The number of allylic oxidation sites excluding steroid dienone is 1. The van der Waals surface area contributed by atoms with Crippen LogP contribution < -0.4 is 18.9 Å². The number of methoxy groups -OCH3 is 2. The van der Waals surface area contributed by atoms with Gasteiger partial charge in [-0.05, 0) is 59.5 Å². The lowest BCUT2D eigenvalue weighted by Crippen LogP contribution is -2.04. The molecule has 0 fully saturated rings. The summed E-state index contributed by atoms with van der Waals surface area (Å²) in [6.45, 7) is 2.45. The fourth-order valence-corrected chi connectivity index (χ4v) is 3.96. The summed E-state index contributed by atoms with van der Waals surface area (Å²) in [7, 11) is 3.09. The molecule has 0 bridgehead atoms. The van der Waals surface area contributed by atoms with Gasteiger partial charge in [0.05, 0.1) is 14.2 Å². The number of ketones is 1. The first-order chi connectivity index (χ1) is 18.5. The van der Waals surface area contributed by atoms with Gasteiger partial charge < -0.3 is 24.1 Å². The van der Waals surface area contributed by atoms with Crippen molar-refractivity contribution in [1.82, 2.24) is 0 Å². The highest BCUT2D eigenvalue weighted by atomic mass is 16.5. The fraction of sp³-hybridized carbons (Fsp3) is 0.156. The molecule has 4 aromatic rings. The lowest BCUT2D eigenvalue weighted by Gasteiger charge is -2.15. The number of benzene rings is 4. The van der Waals surface area contributed by atoms with Crippen LogP contribution in [-0.4, -0.2) is 25.1 Å². The van der Waals surface area contributed by atoms with E-state index in [1.54, 1.807) is 44.6 Å². The van der Waals surface area contributed by atoms with Crippen LogP contribution in [0.25, 0.3) is 6.08 Å². The second-order valence-corrected chi connectivity index (χ2v) is 8.66. The summed E-state index contributed by atoms with van der Waals surface area (Å²) in [5, 5.41) is 10.6. The van der Waals surface area contributed by atoms with Crippen molar-refractivity contribution < 1.29 is 28.8 Å². The molecule has 0 radical (unpaired) electrons. The minimum atomic E-state index is -0.395.